The molecule has 0 aromatic rings. The number of rotatable bonds is 2. The Hall–Kier alpha value is -0.640. The molecule has 0 spiro atoms. The predicted molar refractivity (Wildman–Crippen MR) is 60.9 cm³/mol. The highest BCUT2D eigenvalue weighted by molar-refractivity contribution is 5.80. The number of hydrogen-bond acceptors (Lipinski definition) is 2. The van der Waals surface area contributed by atoms with E-state index in [2.05, 4.69) is 4.90 Å². The first-order chi connectivity index (χ1) is 7.58. The molecule has 1 saturated heterocycles. The van der Waals surface area contributed by atoms with Crippen LogP contribution in [-0.4, -0.2) is 55.1 Å². The van der Waals surface area contributed by atoms with Crippen molar-refractivity contribution in [3.63, 3.8) is 0 Å². The maximum Gasteiger partial charge on any atom is 0.225 e. The quantitative estimate of drug-likeness (QED) is 0.711. The third kappa shape index (κ3) is 2.37. The summed E-state index contributed by atoms with van der Waals surface area (Å²) in [6.45, 7) is 1.64. The normalized spacial score (nSPS) is 31.6. The predicted octanol–water partition coefficient (Wildman–Crippen LogP) is 1.29. The van der Waals surface area contributed by atoms with Crippen LogP contribution in [0.5, 0.6) is 0 Å². The molecule has 1 saturated carbocycles. The molecule has 1 aliphatic carbocycles. The van der Waals surface area contributed by atoms with Crippen LogP contribution in [0.25, 0.3) is 0 Å². The van der Waals surface area contributed by atoms with Crippen LogP contribution in [0.3, 0.4) is 0 Å². The zero-order valence-electron chi connectivity index (χ0n) is 10.2. The molecule has 2 unspecified atom stereocenters. The van der Waals surface area contributed by atoms with Gasteiger partial charge in [0.25, 0.3) is 0 Å². The molecule has 0 bridgehead atoms. The van der Waals surface area contributed by atoms with Crippen molar-refractivity contribution in [2.24, 2.45) is 5.92 Å². The second-order valence-electron chi connectivity index (χ2n) is 5.32. The summed E-state index contributed by atoms with van der Waals surface area (Å²) in [6.07, 6.45) is 2.07. The van der Waals surface area contributed by atoms with Gasteiger partial charge in [0.2, 0.25) is 5.91 Å². The van der Waals surface area contributed by atoms with Crippen molar-refractivity contribution >= 4 is 5.91 Å². The summed E-state index contributed by atoms with van der Waals surface area (Å²) in [5.74, 6) is 0.132. The lowest BCUT2D eigenvalue weighted by Gasteiger charge is -2.44. The van der Waals surface area contributed by atoms with E-state index in [9.17, 15) is 9.18 Å². The van der Waals surface area contributed by atoms with E-state index >= 15 is 0 Å². The molecule has 0 aromatic heterocycles. The number of likely N-dealkylation sites (tertiary alicyclic amines) is 1. The van der Waals surface area contributed by atoms with Gasteiger partial charge < -0.3 is 9.80 Å². The first kappa shape index (κ1) is 11.8. The van der Waals surface area contributed by atoms with Crippen LogP contribution in [-0.2, 0) is 4.79 Å². The lowest BCUT2D eigenvalue weighted by atomic mass is 9.86. The highest BCUT2D eigenvalue weighted by Gasteiger charge is 2.37. The van der Waals surface area contributed by atoms with E-state index in [1.165, 1.54) is 0 Å². The first-order valence-corrected chi connectivity index (χ1v) is 6.17. The van der Waals surface area contributed by atoms with Crippen molar-refractivity contribution < 1.29 is 9.18 Å². The Labute approximate surface area is 96.6 Å². The molecule has 4 heteroatoms. The molecule has 3 nitrogen and oxygen atoms in total. The fourth-order valence-electron chi connectivity index (χ4n) is 2.57. The Bertz CT molecular complexity index is 264. The van der Waals surface area contributed by atoms with Gasteiger partial charge in [0, 0.05) is 25.0 Å². The van der Waals surface area contributed by atoms with Crippen molar-refractivity contribution in [2.75, 3.05) is 27.2 Å². The zero-order valence-corrected chi connectivity index (χ0v) is 10.2. The van der Waals surface area contributed by atoms with Crippen molar-refractivity contribution in [3.8, 4) is 0 Å². The van der Waals surface area contributed by atoms with Gasteiger partial charge in [-0.05, 0) is 39.8 Å². The van der Waals surface area contributed by atoms with E-state index in [-0.39, 0.29) is 11.8 Å². The minimum Gasteiger partial charge on any atom is -0.339 e. The van der Waals surface area contributed by atoms with Crippen LogP contribution in [0.1, 0.15) is 25.7 Å². The molecule has 2 aliphatic rings. The molecule has 1 aliphatic heterocycles. The van der Waals surface area contributed by atoms with E-state index in [0.717, 1.165) is 25.9 Å². The maximum atomic E-state index is 13.2. The summed E-state index contributed by atoms with van der Waals surface area (Å²) in [4.78, 5) is 16.1. The average molecular weight is 228 g/mol. The summed E-state index contributed by atoms with van der Waals surface area (Å²) in [5.41, 5.74) is 0. The molecule has 0 radical (unpaired) electrons. The van der Waals surface area contributed by atoms with Gasteiger partial charge in [-0.2, -0.15) is 0 Å². The largest absolute Gasteiger partial charge is 0.339 e. The van der Waals surface area contributed by atoms with E-state index in [4.69, 9.17) is 0 Å². The Morgan fingerprint density at radius 2 is 2.00 bits per heavy atom. The Morgan fingerprint density at radius 1 is 1.31 bits per heavy atom. The van der Waals surface area contributed by atoms with E-state index in [1.54, 1.807) is 0 Å². The standard InChI is InChI=1S/C12H21FN2O/c1-14(2)11-7-15(8-11)12(16)9-4-3-5-10(13)6-9/h9-11H,3-8H2,1-2H3. The van der Waals surface area contributed by atoms with Gasteiger partial charge in [-0.3, -0.25) is 4.79 Å². The van der Waals surface area contributed by atoms with Crippen LogP contribution in [0.2, 0.25) is 0 Å². The van der Waals surface area contributed by atoms with Gasteiger partial charge in [-0.15, -0.1) is 0 Å². The monoisotopic (exact) mass is 228 g/mol. The number of alkyl halides is 1. The highest BCUT2D eigenvalue weighted by atomic mass is 19.1. The zero-order chi connectivity index (χ0) is 11.7. The number of carbonyl (C=O) groups is 1. The molecule has 0 aromatic carbocycles. The minimum atomic E-state index is -0.756. The van der Waals surface area contributed by atoms with E-state index < -0.39 is 6.17 Å². The Balaban J connectivity index is 1.80. The molecule has 2 atom stereocenters. The van der Waals surface area contributed by atoms with Crippen LogP contribution in [0.4, 0.5) is 4.39 Å². The number of halogens is 1. The first-order valence-electron chi connectivity index (χ1n) is 6.17. The number of nitrogens with zero attached hydrogens (tertiary/aromatic N) is 2. The van der Waals surface area contributed by atoms with Crippen molar-refractivity contribution in [1.82, 2.24) is 9.80 Å². The van der Waals surface area contributed by atoms with Gasteiger partial charge in [0.1, 0.15) is 6.17 Å². The van der Waals surface area contributed by atoms with Crippen LogP contribution >= 0.6 is 0 Å². The SMILES string of the molecule is CN(C)C1CN(C(=O)C2CCCC(F)C2)C1. The van der Waals surface area contributed by atoms with Gasteiger partial charge in [0.05, 0.1) is 0 Å². The fourth-order valence-corrected chi connectivity index (χ4v) is 2.57. The molecule has 1 amide bonds. The van der Waals surface area contributed by atoms with Crippen LogP contribution in [0, 0.1) is 5.92 Å². The molecular weight excluding hydrogens is 207 g/mol. The number of likely N-dealkylation sites (N-methyl/N-ethyl adjacent to an activating group) is 1. The van der Waals surface area contributed by atoms with Gasteiger partial charge >= 0.3 is 0 Å². The third-order valence-electron chi connectivity index (χ3n) is 3.86. The molecule has 0 N–H and O–H groups in total. The fraction of sp³-hybridized carbons (Fsp3) is 0.917. The molecule has 92 valence electrons. The second kappa shape index (κ2) is 4.70. The summed E-state index contributed by atoms with van der Waals surface area (Å²) >= 11 is 0. The van der Waals surface area contributed by atoms with Crippen molar-refractivity contribution in [2.45, 2.75) is 37.9 Å². The average Bonchev–Trinajstić information content (AvgIpc) is 2.14. The van der Waals surface area contributed by atoms with Gasteiger partial charge in [-0.25, -0.2) is 4.39 Å². The lowest BCUT2D eigenvalue weighted by molar-refractivity contribution is -0.144. The maximum absolute atomic E-state index is 13.2. The number of carbonyl (C=O) groups excluding carboxylic acids is 1. The summed E-state index contributed by atoms with van der Waals surface area (Å²) < 4.78 is 13.2. The summed E-state index contributed by atoms with van der Waals surface area (Å²) in [6, 6.07) is 0.494. The third-order valence-corrected chi connectivity index (χ3v) is 3.86. The second-order valence-corrected chi connectivity index (χ2v) is 5.32. The Morgan fingerprint density at radius 3 is 2.56 bits per heavy atom. The van der Waals surface area contributed by atoms with Gasteiger partial charge in [0.15, 0.2) is 0 Å². The molecular formula is C12H21FN2O. The lowest BCUT2D eigenvalue weighted by Crippen LogP contribution is -2.60. The number of amides is 1. The molecule has 16 heavy (non-hydrogen) atoms. The van der Waals surface area contributed by atoms with Crippen molar-refractivity contribution in [1.29, 1.82) is 0 Å². The topological polar surface area (TPSA) is 23.6 Å². The van der Waals surface area contributed by atoms with E-state index in [1.807, 2.05) is 19.0 Å². The number of hydrogen-bond donors (Lipinski definition) is 0. The molecule has 2 rings (SSSR count). The van der Waals surface area contributed by atoms with Crippen LogP contribution in [0.15, 0.2) is 0 Å². The van der Waals surface area contributed by atoms with E-state index in [0.29, 0.717) is 18.9 Å². The van der Waals surface area contributed by atoms with Crippen LogP contribution < -0.4 is 0 Å². The summed E-state index contributed by atoms with van der Waals surface area (Å²) in [7, 11) is 4.06. The molecule has 2 fully saturated rings. The minimum absolute atomic E-state index is 0.0492. The summed E-state index contributed by atoms with van der Waals surface area (Å²) in [5, 5.41) is 0. The smallest absolute Gasteiger partial charge is 0.225 e. The Kier molecular flexibility index (Phi) is 3.47. The van der Waals surface area contributed by atoms with Crippen molar-refractivity contribution in [3.05, 3.63) is 0 Å². The molecule has 1 heterocycles. The highest BCUT2D eigenvalue weighted by Crippen LogP contribution is 2.29. The van der Waals surface area contributed by atoms with Gasteiger partial charge in [-0.1, -0.05) is 0 Å².